The first-order valence-electron chi connectivity index (χ1n) is 21.2. The molecular weight excluding hydrogens is 817 g/mol. The van der Waals surface area contributed by atoms with E-state index in [9.17, 15) is 38.7 Å². The van der Waals surface area contributed by atoms with E-state index in [2.05, 4.69) is 41.6 Å². The molecule has 0 saturated carbocycles. The summed E-state index contributed by atoms with van der Waals surface area (Å²) in [6.45, 7) is 7.11. The fourth-order valence-electron chi connectivity index (χ4n) is 7.21. The number of H-pyrrole nitrogens is 1. The number of nitrogens with two attached hydrogens (primary N) is 5. The number of fused-ring (bicyclic) bond motifs is 1. The number of hydrogen-bond acceptors (Lipinski definition) is 10. The highest BCUT2D eigenvalue weighted by molar-refractivity contribution is 5.97. The third kappa shape index (κ3) is 16.4. The number of para-hydroxylation sites is 1. The lowest BCUT2D eigenvalue weighted by Crippen LogP contribution is -2.60. The highest BCUT2D eigenvalue weighted by atomic mass is 16.4. The first kappa shape index (κ1) is 50.9. The Morgan fingerprint density at radius 2 is 1.48 bits per heavy atom. The fraction of sp³-hybridized carbons (Fsp3) is 0.585. The average Bonchev–Trinajstić information content (AvgIpc) is 3.88. The summed E-state index contributed by atoms with van der Waals surface area (Å²) in [5.41, 5.74) is 29.4. The molecular formula is C41H66N14O8. The van der Waals surface area contributed by atoms with Crippen molar-refractivity contribution in [2.45, 2.75) is 115 Å². The van der Waals surface area contributed by atoms with E-state index in [4.69, 9.17) is 28.7 Å². The van der Waals surface area contributed by atoms with Crippen LogP contribution in [0.25, 0.3) is 10.9 Å². The lowest BCUT2D eigenvalue weighted by Gasteiger charge is -2.30. The van der Waals surface area contributed by atoms with Gasteiger partial charge in [-0.3, -0.25) is 38.8 Å². The SMILES string of the molecule is CC(C)C[C@H](NC(=O)CNC(=O)[C@H](CCCN=C(N)N)NC(=O)[C@@H](NC(=O)[C@H](Cc1c[nH]c2ccccc12)NC(=O)[C@@H]1CCCN1C(=O)[C@@H](N)CCCN=C(N)N)C(C)C)C(=O)O. The number of aromatic nitrogens is 1. The van der Waals surface area contributed by atoms with Crippen LogP contribution in [-0.4, -0.2) is 131 Å². The molecule has 1 saturated heterocycles. The van der Waals surface area contributed by atoms with E-state index in [-0.39, 0.29) is 63.0 Å². The smallest absolute Gasteiger partial charge is 0.326 e. The summed E-state index contributed by atoms with van der Waals surface area (Å²) in [7, 11) is 0. The van der Waals surface area contributed by atoms with Crippen LogP contribution in [0, 0.1) is 11.8 Å². The van der Waals surface area contributed by atoms with Crippen LogP contribution in [0.3, 0.4) is 0 Å². The molecule has 22 heteroatoms. The minimum atomic E-state index is -1.23. The molecule has 63 heavy (non-hydrogen) atoms. The van der Waals surface area contributed by atoms with Crippen molar-refractivity contribution in [1.82, 2.24) is 36.5 Å². The number of nitrogens with one attached hydrogen (secondary N) is 6. The molecule has 6 amide bonds. The molecule has 1 aliphatic heterocycles. The lowest BCUT2D eigenvalue weighted by molar-refractivity contribution is -0.142. The van der Waals surface area contributed by atoms with Gasteiger partial charge in [-0.15, -0.1) is 0 Å². The quantitative estimate of drug-likeness (QED) is 0.0291. The van der Waals surface area contributed by atoms with Crippen LogP contribution in [0.1, 0.15) is 78.2 Å². The van der Waals surface area contributed by atoms with Crippen LogP contribution >= 0.6 is 0 Å². The third-order valence-corrected chi connectivity index (χ3v) is 10.4. The molecule has 0 radical (unpaired) electrons. The maximum atomic E-state index is 14.3. The van der Waals surface area contributed by atoms with Gasteiger partial charge in [0.2, 0.25) is 35.4 Å². The summed E-state index contributed by atoms with van der Waals surface area (Å²) in [4.78, 5) is 106. The van der Waals surface area contributed by atoms with Gasteiger partial charge in [-0.2, -0.15) is 0 Å². The van der Waals surface area contributed by atoms with Crippen LogP contribution < -0.4 is 55.3 Å². The first-order chi connectivity index (χ1) is 29.8. The van der Waals surface area contributed by atoms with Gasteiger partial charge in [0.25, 0.3) is 0 Å². The number of carboxylic acid groups (broad SMARTS) is 1. The van der Waals surface area contributed by atoms with Crippen LogP contribution in [0.15, 0.2) is 40.4 Å². The summed E-state index contributed by atoms with van der Waals surface area (Å²) < 4.78 is 0. The summed E-state index contributed by atoms with van der Waals surface area (Å²) in [6, 6.07) is 0.774. The van der Waals surface area contributed by atoms with Gasteiger partial charge in [0, 0.05) is 43.2 Å². The van der Waals surface area contributed by atoms with Gasteiger partial charge < -0.3 is 70.2 Å². The number of carbonyl (C=O) groups excluding carboxylic acids is 6. The Morgan fingerprint density at radius 3 is 2.10 bits per heavy atom. The van der Waals surface area contributed by atoms with Crippen molar-refractivity contribution in [1.29, 1.82) is 0 Å². The van der Waals surface area contributed by atoms with E-state index in [0.717, 1.165) is 10.9 Å². The first-order valence-corrected chi connectivity index (χ1v) is 21.2. The van der Waals surface area contributed by atoms with Gasteiger partial charge in [-0.05, 0) is 68.4 Å². The van der Waals surface area contributed by atoms with E-state index in [0.29, 0.717) is 31.4 Å². The molecule has 1 aromatic carbocycles. The van der Waals surface area contributed by atoms with E-state index in [1.54, 1.807) is 33.9 Å². The van der Waals surface area contributed by atoms with E-state index >= 15 is 0 Å². The summed E-state index contributed by atoms with van der Waals surface area (Å²) in [5, 5.41) is 23.5. The number of hydrogen-bond donors (Lipinski definition) is 12. The van der Waals surface area contributed by atoms with E-state index < -0.39 is 90.1 Å². The second-order valence-corrected chi connectivity index (χ2v) is 16.4. The summed E-state index contributed by atoms with van der Waals surface area (Å²) in [5.74, 6) is -5.93. The topological polar surface area (TPSA) is 374 Å². The Hall–Kier alpha value is -6.45. The standard InChI is InChI=1S/C41H66N14O8/c1-22(2)18-30(39(62)63)51-32(56)21-50-34(57)28(13-8-16-48-41(45)46)52-37(60)33(23(3)4)54-35(58)29(19-24-20-49-27-12-6-5-10-25(24)27)53-36(59)31-14-9-17-55(31)38(61)26(42)11-7-15-47-40(43)44/h5-6,10,12,20,22-23,26,28-31,33,49H,7-9,11,13-19,21,42H2,1-4H3,(H,50,57)(H,51,56)(H,52,60)(H,53,59)(H,54,58)(H,62,63)(H4,43,44,47)(H4,45,46,48)/t26-,28-,29-,30-,31-,33-/m0/s1. The lowest BCUT2D eigenvalue weighted by atomic mass is 9.99. The maximum Gasteiger partial charge on any atom is 0.326 e. The monoisotopic (exact) mass is 883 g/mol. The molecule has 0 aliphatic carbocycles. The van der Waals surface area contributed by atoms with Crippen LogP contribution in [0.5, 0.6) is 0 Å². The molecule has 6 atom stereocenters. The van der Waals surface area contributed by atoms with E-state index in [1.165, 1.54) is 4.90 Å². The van der Waals surface area contributed by atoms with Crippen LogP contribution in [0.4, 0.5) is 0 Å². The Bertz CT molecular complexity index is 1960. The number of guanidine groups is 2. The molecule has 17 N–H and O–H groups in total. The molecule has 1 fully saturated rings. The average molecular weight is 883 g/mol. The molecule has 2 heterocycles. The molecule has 0 spiro atoms. The number of rotatable bonds is 25. The van der Waals surface area contributed by atoms with Gasteiger partial charge in [-0.25, -0.2) is 4.79 Å². The number of carbonyl (C=O) groups is 7. The van der Waals surface area contributed by atoms with Gasteiger partial charge in [0.05, 0.1) is 12.6 Å². The Balaban J connectivity index is 1.82. The maximum absolute atomic E-state index is 14.3. The third-order valence-electron chi connectivity index (χ3n) is 10.4. The molecule has 0 bridgehead atoms. The normalized spacial score (nSPS) is 16.0. The molecule has 22 nitrogen and oxygen atoms in total. The molecule has 1 aromatic heterocycles. The Kier molecular flexibility index (Phi) is 20.1. The second kappa shape index (κ2) is 24.9. The Labute approximate surface area is 366 Å². The summed E-state index contributed by atoms with van der Waals surface area (Å²) >= 11 is 0. The molecule has 3 rings (SSSR count). The van der Waals surface area contributed by atoms with Crippen molar-refractivity contribution in [3.63, 3.8) is 0 Å². The zero-order chi connectivity index (χ0) is 46.8. The number of aliphatic carboxylic acids is 1. The number of benzene rings is 1. The molecule has 0 unspecified atom stereocenters. The van der Waals surface area contributed by atoms with Gasteiger partial charge in [-0.1, -0.05) is 45.9 Å². The van der Waals surface area contributed by atoms with Crippen molar-refractivity contribution in [2.75, 3.05) is 26.2 Å². The zero-order valence-electron chi connectivity index (χ0n) is 36.5. The van der Waals surface area contributed by atoms with E-state index in [1.807, 2.05) is 24.3 Å². The minimum Gasteiger partial charge on any atom is -0.480 e. The number of aliphatic imine (C=N–C) groups is 2. The van der Waals surface area contributed by atoms with Crippen molar-refractivity contribution in [2.24, 2.45) is 50.5 Å². The number of likely N-dealkylation sites (tertiary alicyclic amines) is 1. The molecule has 348 valence electrons. The number of nitrogens with zero attached hydrogens (tertiary/aromatic N) is 3. The summed E-state index contributed by atoms with van der Waals surface area (Å²) in [6.07, 6.45) is 3.77. The molecule has 1 aliphatic rings. The van der Waals surface area contributed by atoms with Crippen molar-refractivity contribution < 1.29 is 38.7 Å². The predicted octanol–water partition coefficient (Wildman–Crippen LogP) is -2.02. The fourth-order valence-corrected chi connectivity index (χ4v) is 7.21. The van der Waals surface area contributed by atoms with Crippen molar-refractivity contribution >= 4 is 64.2 Å². The number of aromatic amines is 1. The number of carboxylic acids is 1. The highest BCUT2D eigenvalue weighted by Crippen LogP contribution is 2.22. The van der Waals surface area contributed by atoms with Crippen LogP contribution in [-0.2, 0) is 40.0 Å². The predicted molar refractivity (Wildman–Crippen MR) is 237 cm³/mol. The van der Waals surface area contributed by atoms with Gasteiger partial charge >= 0.3 is 5.97 Å². The minimum absolute atomic E-state index is 0.0107. The van der Waals surface area contributed by atoms with Crippen molar-refractivity contribution in [3.05, 3.63) is 36.0 Å². The highest BCUT2D eigenvalue weighted by Gasteiger charge is 2.39. The number of amides is 6. The van der Waals surface area contributed by atoms with Crippen molar-refractivity contribution in [3.8, 4) is 0 Å². The zero-order valence-corrected chi connectivity index (χ0v) is 36.5. The molecule has 2 aromatic rings. The second-order valence-electron chi connectivity index (χ2n) is 16.4. The Morgan fingerprint density at radius 1 is 0.825 bits per heavy atom. The van der Waals surface area contributed by atoms with Gasteiger partial charge in [0.1, 0.15) is 30.2 Å². The largest absolute Gasteiger partial charge is 0.480 e. The van der Waals surface area contributed by atoms with Crippen LogP contribution in [0.2, 0.25) is 0 Å². The van der Waals surface area contributed by atoms with Gasteiger partial charge in [0.15, 0.2) is 11.9 Å².